The fraction of sp³-hybridized carbons (Fsp3) is 0. The standard InChI is InChI=1S/C61H37N5O/c1-3-16-38(17-4-1)39-30-32-40(33-31-39)59-62-60(47-25-15-28-52-56(47)45-23-10-13-27-51(45)65(52)43-20-5-2-6-21-43)64-61(63-59)48-34-35-55-57(46-24-11-14-29-54(46)67-55)58(48)66-50-26-12-9-22-44(50)49-36-41-18-7-8-19-42(41)37-53(49)66/h1-37H. The molecule has 14 rings (SSSR count). The molecule has 0 atom stereocenters. The molecular weight excluding hydrogens is 819 g/mol. The molecule has 0 unspecified atom stereocenters. The lowest BCUT2D eigenvalue weighted by molar-refractivity contribution is 0.669. The number of hydrogen-bond donors (Lipinski definition) is 0. The molecular formula is C61H37N5O. The zero-order valence-corrected chi connectivity index (χ0v) is 36.0. The summed E-state index contributed by atoms with van der Waals surface area (Å²) >= 11 is 0. The van der Waals surface area contributed by atoms with Gasteiger partial charge in [-0.05, 0) is 82.6 Å². The second kappa shape index (κ2) is 14.7. The predicted octanol–water partition coefficient (Wildman–Crippen LogP) is 15.8. The van der Waals surface area contributed by atoms with Crippen LogP contribution in [-0.4, -0.2) is 24.1 Å². The van der Waals surface area contributed by atoms with E-state index < -0.39 is 0 Å². The van der Waals surface area contributed by atoms with Crippen LogP contribution in [0.15, 0.2) is 229 Å². The summed E-state index contributed by atoms with van der Waals surface area (Å²) in [5.74, 6) is 1.73. The Labute approximate surface area is 384 Å². The predicted molar refractivity (Wildman–Crippen MR) is 275 cm³/mol. The average molecular weight is 856 g/mol. The highest BCUT2D eigenvalue weighted by Gasteiger charge is 2.26. The second-order valence-corrected chi connectivity index (χ2v) is 17.1. The zero-order chi connectivity index (χ0) is 44.0. The Balaban J connectivity index is 1.10. The molecule has 0 aliphatic rings. The van der Waals surface area contributed by atoms with Crippen molar-refractivity contribution in [2.24, 2.45) is 0 Å². The minimum Gasteiger partial charge on any atom is -0.456 e. The van der Waals surface area contributed by atoms with Crippen LogP contribution in [0.5, 0.6) is 0 Å². The van der Waals surface area contributed by atoms with Gasteiger partial charge in [0, 0.05) is 49.3 Å². The largest absolute Gasteiger partial charge is 0.456 e. The van der Waals surface area contributed by atoms with Crippen LogP contribution >= 0.6 is 0 Å². The highest BCUT2D eigenvalue weighted by atomic mass is 16.3. The summed E-state index contributed by atoms with van der Waals surface area (Å²) in [5.41, 5.74) is 12.9. The SMILES string of the molecule is c1ccc(-c2ccc(-c3nc(-c4ccc5oc6ccccc6c5c4-n4c5ccccc5c5cc6ccccc6cc54)nc(-c4cccc5c4c4ccccc4n5-c4ccccc4)n3)cc2)cc1. The van der Waals surface area contributed by atoms with Crippen molar-refractivity contribution >= 4 is 76.3 Å². The molecule has 67 heavy (non-hydrogen) atoms. The Morgan fingerprint density at radius 2 is 0.896 bits per heavy atom. The number of rotatable bonds is 6. The van der Waals surface area contributed by atoms with E-state index in [9.17, 15) is 0 Å². The van der Waals surface area contributed by atoms with Gasteiger partial charge < -0.3 is 13.6 Å². The van der Waals surface area contributed by atoms with Crippen LogP contribution < -0.4 is 0 Å². The van der Waals surface area contributed by atoms with Crippen LogP contribution in [0, 0.1) is 0 Å². The maximum atomic E-state index is 6.67. The van der Waals surface area contributed by atoms with E-state index in [4.69, 9.17) is 19.4 Å². The van der Waals surface area contributed by atoms with Gasteiger partial charge in [-0.3, -0.25) is 0 Å². The van der Waals surface area contributed by atoms with Crippen molar-refractivity contribution in [1.29, 1.82) is 0 Å². The van der Waals surface area contributed by atoms with Crippen molar-refractivity contribution in [2.45, 2.75) is 0 Å². The highest BCUT2D eigenvalue weighted by molar-refractivity contribution is 6.19. The fourth-order valence-electron chi connectivity index (χ4n) is 10.4. The number of hydrogen-bond acceptors (Lipinski definition) is 4. The summed E-state index contributed by atoms with van der Waals surface area (Å²) in [6.07, 6.45) is 0. The van der Waals surface area contributed by atoms with Gasteiger partial charge in [0.2, 0.25) is 0 Å². The number of benzene rings is 10. The molecule has 10 aromatic carbocycles. The first-order chi connectivity index (χ1) is 33.2. The Bertz CT molecular complexity index is 4260. The van der Waals surface area contributed by atoms with Gasteiger partial charge >= 0.3 is 0 Å². The summed E-state index contributed by atoms with van der Waals surface area (Å²) in [6, 6.07) is 79.0. The van der Waals surface area contributed by atoms with Crippen LogP contribution in [0.25, 0.3) is 133 Å². The topological polar surface area (TPSA) is 61.7 Å². The first kappa shape index (κ1) is 37.3. The van der Waals surface area contributed by atoms with E-state index in [1.165, 1.54) is 10.8 Å². The van der Waals surface area contributed by atoms with Gasteiger partial charge in [0.1, 0.15) is 11.2 Å². The van der Waals surface area contributed by atoms with Gasteiger partial charge in [-0.15, -0.1) is 0 Å². The third-order valence-corrected chi connectivity index (χ3v) is 13.4. The number of aromatic nitrogens is 5. The number of furan rings is 1. The van der Waals surface area contributed by atoms with Gasteiger partial charge in [-0.2, -0.15) is 0 Å². The van der Waals surface area contributed by atoms with E-state index in [0.29, 0.717) is 17.5 Å². The van der Waals surface area contributed by atoms with Crippen LogP contribution in [-0.2, 0) is 0 Å². The Hall–Kier alpha value is -9.13. The lowest BCUT2D eigenvalue weighted by Crippen LogP contribution is -2.04. The van der Waals surface area contributed by atoms with Crippen LogP contribution in [0.1, 0.15) is 0 Å². The highest BCUT2D eigenvalue weighted by Crippen LogP contribution is 2.45. The Morgan fingerprint density at radius 3 is 1.69 bits per heavy atom. The zero-order valence-electron chi connectivity index (χ0n) is 36.0. The minimum atomic E-state index is 0.560. The minimum absolute atomic E-state index is 0.560. The number of nitrogens with zero attached hydrogens (tertiary/aromatic N) is 5. The summed E-state index contributed by atoms with van der Waals surface area (Å²) < 4.78 is 11.4. The van der Waals surface area contributed by atoms with Crippen molar-refractivity contribution in [2.75, 3.05) is 0 Å². The van der Waals surface area contributed by atoms with E-state index in [-0.39, 0.29) is 0 Å². The molecule has 6 heteroatoms. The van der Waals surface area contributed by atoms with Crippen LogP contribution in [0.3, 0.4) is 0 Å². The molecule has 4 aromatic heterocycles. The van der Waals surface area contributed by atoms with Gasteiger partial charge in [0.05, 0.1) is 33.1 Å². The molecule has 0 spiro atoms. The molecule has 0 bridgehead atoms. The Kier molecular flexibility index (Phi) is 8.18. The first-order valence-electron chi connectivity index (χ1n) is 22.6. The normalized spacial score (nSPS) is 11.9. The molecule has 14 aromatic rings. The fourth-order valence-corrected chi connectivity index (χ4v) is 10.4. The van der Waals surface area contributed by atoms with Crippen molar-refractivity contribution in [3.8, 4) is 56.7 Å². The van der Waals surface area contributed by atoms with E-state index in [2.05, 4.69) is 215 Å². The quantitative estimate of drug-likeness (QED) is 0.167. The van der Waals surface area contributed by atoms with E-state index in [1.54, 1.807) is 0 Å². The summed E-state index contributed by atoms with van der Waals surface area (Å²) in [4.78, 5) is 16.5. The third-order valence-electron chi connectivity index (χ3n) is 13.4. The molecule has 0 radical (unpaired) electrons. The molecule has 6 nitrogen and oxygen atoms in total. The van der Waals surface area contributed by atoms with Crippen molar-refractivity contribution in [1.82, 2.24) is 24.1 Å². The van der Waals surface area contributed by atoms with Crippen molar-refractivity contribution < 1.29 is 4.42 Å². The molecule has 0 saturated carbocycles. The van der Waals surface area contributed by atoms with Crippen LogP contribution in [0.2, 0.25) is 0 Å². The molecule has 0 saturated heterocycles. The monoisotopic (exact) mass is 855 g/mol. The summed E-state index contributed by atoms with van der Waals surface area (Å²) in [5, 5.41) is 8.90. The lowest BCUT2D eigenvalue weighted by atomic mass is 10.0. The van der Waals surface area contributed by atoms with E-state index >= 15 is 0 Å². The number of fused-ring (bicyclic) bond motifs is 10. The van der Waals surface area contributed by atoms with Crippen LogP contribution in [0.4, 0.5) is 0 Å². The first-order valence-corrected chi connectivity index (χ1v) is 22.6. The maximum Gasteiger partial charge on any atom is 0.166 e. The van der Waals surface area contributed by atoms with Crippen molar-refractivity contribution in [3.63, 3.8) is 0 Å². The van der Waals surface area contributed by atoms with Gasteiger partial charge in [0.25, 0.3) is 0 Å². The molecule has 0 aliphatic carbocycles. The summed E-state index contributed by atoms with van der Waals surface area (Å²) in [6.45, 7) is 0. The third kappa shape index (κ3) is 5.80. The van der Waals surface area contributed by atoms with Crippen molar-refractivity contribution in [3.05, 3.63) is 224 Å². The van der Waals surface area contributed by atoms with Gasteiger partial charge in [0.15, 0.2) is 17.5 Å². The molecule has 312 valence electrons. The van der Waals surface area contributed by atoms with E-state index in [1.807, 2.05) is 18.2 Å². The second-order valence-electron chi connectivity index (χ2n) is 17.1. The smallest absolute Gasteiger partial charge is 0.166 e. The van der Waals surface area contributed by atoms with E-state index in [0.717, 1.165) is 105 Å². The molecule has 0 amide bonds. The van der Waals surface area contributed by atoms with Gasteiger partial charge in [-0.25, -0.2) is 15.0 Å². The lowest BCUT2D eigenvalue weighted by Gasteiger charge is -2.16. The Morgan fingerprint density at radius 1 is 0.313 bits per heavy atom. The maximum absolute atomic E-state index is 6.67. The summed E-state index contributed by atoms with van der Waals surface area (Å²) in [7, 11) is 0. The average Bonchev–Trinajstić information content (AvgIpc) is 4.06. The molecule has 0 aliphatic heterocycles. The molecule has 0 N–H and O–H groups in total. The molecule has 0 fully saturated rings. The van der Waals surface area contributed by atoms with Gasteiger partial charge in [-0.1, -0.05) is 164 Å². The number of para-hydroxylation sites is 4. The molecule has 4 heterocycles.